The third kappa shape index (κ3) is 2.84. The fourth-order valence-electron chi connectivity index (χ4n) is 1.92. The summed E-state index contributed by atoms with van der Waals surface area (Å²) in [6.07, 6.45) is 0.844. The second-order valence-electron chi connectivity index (χ2n) is 4.13. The van der Waals surface area contributed by atoms with Gasteiger partial charge >= 0.3 is 0 Å². The summed E-state index contributed by atoms with van der Waals surface area (Å²) in [5, 5.41) is 0. The van der Waals surface area contributed by atoms with E-state index in [1.807, 2.05) is 6.07 Å². The molecule has 17 heavy (non-hydrogen) atoms. The molecular weight excluding hydrogens is 326 g/mol. The minimum atomic E-state index is -3.36. The van der Waals surface area contributed by atoms with Gasteiger partial charge in [-0.15, -0.1) is 11.6 Å². The Balaban J connectivity index is 2.25. The third-order valence-electron chi connectivity index (χ3n) is 2.90. The molecule has 0 amide bonds. The van der Waals surface area contributed by atoms with Gasteiger partial charge in [0.1, 0.15) is 0 Å². The van der Waals surface area contributed by atoms with Crippen LogP contribution in [0.3, 0.4) is 0 Å². The van der Waals surface area contributed by atoms with Crippen LogP contribution in [0, 0.1) is 5.92 Å². The Bertz CT molecular complexity index is 506. The van der Waals surface area contributed by atoms with Crippen molar-refractivity contribution in [3.63, 3.8) is 0 Å². The Morgan fingerprint density at radius 2 is 2.24 bits per heavy atom. The molecule has 0 saturated carbocycles. The van der Waals surface area contributed by atoms with E-state index < -0.39 is 10.0 Å². The van der Waals surface area contributed by atoms with E-state index in [9.17, 15) is 8.42 Å². The number of sulfonamides is 1. The maximum Gasteiger partial charge on any atom is 0.243 e. The molecule has 0 N–H and O–H groups in total. The maximum absolute atomic E-state index is 12.3. The summed E-state index contributed by atoms with van der Waals surface area (Å²) in [6.45, 7) is 1.09. The standard InChI is InChI=1S/C11H13BrClNO2S/c12-10-2-1-3-11(6-10)17(15,16)14-5-4-9(7-13)8-14/h1-3,6,9H,4-5,7-8H2. The van der Waals surface area contributed by atoms with E-state index in [0.717, 1.165) is 10.9 Å². The average molecular weight is 339 g/mol. The molecule has 3 nitrogen and oxygen atoms in total. The molecule has 1 heterocycles. The molecular formula is C11H13BrClNO2S. The van der Waals surface area contributed by atoms with E-state index in [1.165, 1.54) is 4.31 Å². The van der Waals surface area contributed by atoms with Gasteiger partial charge in [0.05, 0.1) is 4.90 Å². The molecule has 1 aromatic rings. The lowest BCUT2D eigenvalue weighted by atomic mass is 10.2. The highest BCUT2D eigenvalue weighted by Crippen LogP contribution is 2.26. The first-order chi connectivity index (χ1) is 8.04. The fourth-order valence-corrected chi connectivity index (χ4v) is 4.30. The van der Waals surface area contributed by atoms with Crippen LogP contribution in [0.5, 0.6) is 0 Å². The summed E-state index contributed by atoms with van der Waals surface area (Å²) >= 11 is 9.05. The Labute approximate surface area is 115 Å². The quantitative estimate of drug-likeness (QED) is 0.795. The zero-order valence-electron chi connectivity index (χ0n) is 9.14. The first-order valence-electron chi connectivity index (χ1n) is 5.35. The summed E-state index contributed by atoms with van der Waals surface area (Å²) in [4.78, 5) is 0.335. The van der Waals surface area contributed by atoms with Crippen LogP contribution in [0.2, 0.25) is 0 Å². The van der Waals surface area contributed by atoms with Crippen LogP contribution in [-0.4, -0.2) is 31.7 Å². The van der Waals surface area contributed by atoms with Crippen molar-refractivity contribution in [1.29, 1.82) is 0 Å². The third-order valence-corrected chi connectivity index (χ3v) is 5.69. The topological polar surface area (TPSA) is 37.4 Å². The molecule has 94 valence electrons. The molecule has 1 aliphatic heterocycles. The first kappa shape index (κ1) is 13.3. The smallest absolute Gasteiger partial charge is 0.207 e. The summed E-state index contributed by atoms with van der Waals surface area (Å²) in [5.41, 5.74) is 0. The SMILES string of the molecule is O=S(=O)(c1cccc(Br)c1)N1CCC(CCl)C1. The van der Waals surface area contributed by atoms with Crippen molar-refractivity contribution in [2.75, 3.05) is 19.0 Å². The predicted octanol–water partition coefficient (Wildman–Crippen LogP) is 2.70. The van der Waals surface area contributed by atoms with Crippen LogP contribution < -0.4 is 0 Å². The van der Waals surface area contributed by atoms with Gasteiger partial charge in [0, 0.05) is 23.4 Å². The molecule has 1 atom stereocenters. The van der Waals surface area contributed by atoms with Crippen LogP contribution in [0.15, 0.2) is 33.6 Å². The first-order valence-corrected chi connectivity index (χ1v) is 8.12. The van der Waals surface area contributed by atoms with Gasteiger partial charge in [-0.2, -0.15) is 4.31 Å². The van der Waals surface area contributed by atoms with Crippen molar-refractivity contribution in [3.8, 4) is 0 Å². The van der Waals surface area contributed by atoms with Gasteiger partial charge in [-0.05, 0) is 30.5 Å². The number of rotatable bonds is 3. The second-order valence-corrected chi connectivity index (χ2v) is 7.29. The molecule has 6 heteroatoms. The average Bonchev–Trinajstić information content (AvgIpc) is 2.78. The highest BCUT2D eigenvalue weighted by molar-refractivity contribution is 9.10. The maximum atomic E-state index is 12.3. The summed E-state index contributed by atoms with van der Waals surface area (Å²) in [6, 6.07) is 6.79. The Morgan fingerprint density at radius 1 is 1.47 bits per heavy atom. The number of alkyl halides is 1. The highest BCUT2D eigenvalue weighted by atomic mass is 79.9. The lowest BCUT2D eigenvalue weighted by molar-refractivity contribution is 0.465. The van der Waals surface area contributed by atoms with Crippen LogP contribution in [0.4, 0.5) is 0 Å². The molecule has 0 aliphatic carbocycles. The van der Waals surface area contributed by atoms with Gasteiger partial charge in [-0.25, -0.2) is 8.42 Å². The molecule has 1 aliphatic rings. The number of nitrogens with zero attached hydrogens (tertiary/aromatic N) is 1. The largest absolute Gasteiger partial charge is 0.243 e. The van der Waals surface area contributed by atoms with E-state index in [4.69, 9.17) is 11.6 Å². The van der Waals surface area contributed by atoms with Crippen molar-refractivity contribution in [2.24, 2.45) is 5.92 Å². The lowest BCUT2D eigenvalue weighted by Gasteiger charge is -2.16. The highest BCUT2D eigenvalue weighted by Gasteiger charge is 2.31. The van der Waals surface area contributed by atoms with E-state index in [-0.39, 0.29) is 5.92 Å². The van der Waals surface area contributed by atoms with Crippen LogP contribution in [0.1, 0.15) is 6.42 Å². The van der Waals surface area contributed by atoms with Crippen molar-refractivity contribution in [2.45, 2.75) is 11.3 Å². The van der Waals surface area contributed by atoms with E-state index in [0.29, 0.717) is 23.9 Å². The summed E-state index contributed by atoms with van der Waals surface area (Å²) in [7, 11) is -3.36. The Hall–Kier alpha value is -0.100. The zero-order valence-corrected chi connectivity index (χ0v) is 12.3. The zero-order chi connectivity index (χ0) is 12.5. The number of hydrogen-bond donors (Lipinski definition) is 0. The Kier molecular flexibility index (Phi) is 4.13. The molecule has 0 radical (unpaired) electrons. The summed E-state index contributed by atoms with van der Waals surface area (Å²) < 4.78 is 26.9. The minimum Gasteiger partial charge on any atom is -0.207 e. The molecule has 1 unspecified atom stereocenters. The van der Waals surface area contributed by atoms with E-state index >= 15 is 0 Å². The lowest BCUT2D eigenvalue weighted by Crippen LogP contribution is -2.29. The number of benzene rings is 1. The molecule has 1 fully saturated rings. The molecule has 0 spiro atoms. The van der Waals surface area contributed by atoms with Crippen LogP contribution in [-0.2, 0) is 10.0 Å². The second kappa shape index (κ2) is 5.26. The van der Waals surface area contributed by atoms with E-state index in [1.54, 1.807) is 18.2 Å². The van der Waals surface area contributed by atoms with Gasteiger partial charge < -0.3 is 0 Å². The van der Waals surface area contributed by atoms with Gasteiger partial charge in [0.25, 0.3) is 0 Å². The predicted molar refractivity (Wildman–Crippen MR) is 71.7 cm³/mol. The van der Waals surface area contributed by atoms with Crippen molar-refractivity contribution < 1.29 is 8.42 Å². The van der Waals surface area contributed by atoms with Crippen LogP contribution >= 0.6 is 27.5 Å². The summed E-state index contributed by atoms with van der Waals surface area (Å²) in [5.74, 6) is 0.795. The van der Waals surface area contributed by atoms with Gasteiger partial charge in [-0.3, -0.25) is 0 Å². The van der Waals surface area contributed by atoms with Crippen LogP contribution in [0.25, 0.3) is 0 Å². The Morgan fingerprint density at radius 3 is 2.82 bits per heavy atom. The number of hydrogen-bond acceptors (Lipinski definition) is 2. The van der Waals surface area contributed by atoms with E-state index in [2.05, 4.69) is 15.9 Å². The van der Waals surface area contributed by atoms with Crippen molar-refractivity contribution in [3.05, 3.63) is 28.7 Å². The van der Waals surface area contributed by atoms with Gasteiger partial charge in [-0.1, -0.05) is 22.0 Å². The van der Waals surface area contributed by atoms with Crippen molar-refractivity contribution >= 4 is 37.6 Å². The number of halogens is 2. The fraction of sp³-hybridized carbons (Fsp3) is 0.455. The van der Waals surface area contributed by atoms with Gasteiger partial charge in [0.2, 0.25) is 10.0 Å². The molecule has 0 aromatic heterocycles. The molecule has 0 bridgehead atoms. The molecule has 1 saturated heterocycles. The normalized spacial score (nSPS) is 21.9. The monoisotopic (exact) mass is 337 g/mol. The molecule has 2 rings (SSSR count). The van der Waals surface area contributed by atoms with Gasteiger partial charge in [0.15, 0.2) is 0 Å². The minimum absolute atomic E-state index is 0.276. The molecule has 1 aromatic carbocycles. The van der Waals surface area contributed by atoms with Crippen molar-refractivity contribution in [1.82, 2.24) is 4.31 Å².